The zero-order valence-corrected chi connectivity index (χ0v) is 12.2. The molecule has 2 atom stereocenters. The van der Waals surface area contributed by atoms with Gasteiger partial charge < -0.3 is 9.47 Å². The van der Waals surface area contributed by atoms with Crippen molar-refractivity contribution in [2.24, 2.45) is 5.92 Å². The molecule has 0 spiro atoms. The lowest BCUT2D eigenvalue weighted by Crippen LogP contribution is -2.35. The summed E-state index contributed by atoms with van der Waals surface area (Å²) in [5.41, 5.74) is 0.671. The summed E-state index contributed by atoms with van der Waals surface area (Å²) in [5, 5.41) is 0. The van der Waals surface area contributed by atoms with E-state index in [0.29, 0.717) is 5.56 Å². The SMILES string of the molecule is C=C1C(=O)C=C[C@@H](OC(C)=O)[C@@H]1COC(=O)c1ccccc1. The molecule has 0 amide bonds. The predicted octanol–water partition coefficient (Wildman–Crippen LogP) is 2.09. The normalized spacial score (nSPS) is 20.6. The molecule has 0 fully saturated rings. The highest BCUT2D eigenvalue weighted by Crippen LogP contribution is 2.25. The smallest absolute Gasteiger partial charge is 0.338 e. The molecule has 0 saturated carbocycles. The number of carbonyl (C=O) groups is 3. The van der Waals surface area contributed by atoms with E-state index in [-0.39, 0.29) is 18.0 Å². The maximum atomic E-state index is 11.9. The topological polar surface area (TPSA) is 69.7 Å². The summed E-state index contributed by atoms with van der Waals surface area (Å²) < 4.78 is 10.4. The Balaban J connectivity index is 2.06. The van der Waals surface area contributed by atoms with Gasteiger partial charge in [0.05, 0.1) is 11.5 Å². The van der Waals surface area contributed by atoms with E-state index in [0.717, 1.165) is 0 Å². The van der Waals surface area contributed by atoms with Crippen molar-refractivity contribution in [2.75, 3.05) is 6.61 Å². The van der Waals surface area contributed by atoms with Crippen LogP contribution in [0.2, 0.25) is 0 Å². The quantitative estimate of drug-likeness (QED) is 0.629. The van der Waals surface area contributed by atoms with Crippen molar-refractivity contribution < 1.29 is 23.9 Å². The highest BCUT2D eigenvalue weighted by molar-refractivity contribution is 6.05. The summed E-state index contributed by atoms with van der Waals surface area (Å²) in [6.07, 6.45) is 2.14. The van der Waals surface area contributed by atoms with Crippen LogP contribution in [0.4, 0.5) is 0 Å². The Hall–Kier alpha value is -2.69. The molecule has 5 heteroatoms. The van der Waals surface area contributed by atoms with Gasteiger partial charge in [-0.25, -0.2) is 4.79 Å². The standard InChI is InChI=1S/C17H16O5/c1-11-14(16(22-12(2)18)9-8-15(11)19)10-21-17(20)13-6-4-3-5-7-13/h3-9,14,16H,1,10H2,2H3/t14-,16-/m1/s1. The van der Waals surface area contributed by atoms with E-state index < -0.39 is 24.0 Å². The van der Waals surface area contributed by atoms with Crippen LogP contribution >= 0.6 is 0 Å². The average molecular weight is 300 g/mol. The molecule has 0 bridgehead atoms. The van der Waals surface area contributed by atoms with E-state index in [1.54, 1.807) is 30.3 Å². The van der Waals surface area contributed by atoms with Crippen LogP contribution in [-0.2, 0) is 19.1 Å². The molecule has 0 radical (unpaired) electrons. The summed E-state index contributed by atoms with van der Waals surface area (Å²) in [4.78, 5) is 34.8. The number of rotatable bonds is 4. The molecule has 0 aromatic heterocycles. The third-order valence-electron chi connectivity index (χ3n) is 3.30. The Bertz CT molecular complexity index is 630. The Morgan fingerprint density at radius 1 is 1.23 bits per heavy atom. The first-order valence-corrected chi connectivity index (χ1v) is 6.79. The van der Waals surface area contributed by atoms with Crippen LogP contribution in [0.15, 0.2) is 54.6 Å². The second kappa shape index (κ2) is 6.85. The summed E-state index contributed by atoms with van der Waals surface area (Å²) >= 11 is 0. The van der Waals surface area contributed by atoms with Crippen LogP contribution < -0.4 is 0 Å². The van der Waals surface area contributed by atoms with Crippen molar-refractivity contribution in [3.8, 4) is 0 Å². The number of ketones is 1. The van der Waals surface area contributed by atoms with Crippen molar-refractivity contribution in [3.63, 3.8) is 0 Å². The summed E-state index contributed by atoms with van der Waals surface area (Å²) in [7, 11) is 0. The third-order valence-corrected chi connectivity index (χ3v) is 3.30. The number of hydrogen-bond donors (Lipinski definition) is 0. The minimum absolute atomic E-state index is 0.0828. The van der Waals surface area contributed by atoms with Gasteiger partial charge in [0.15, 0.2) is 5.78 Å². The third kappa shape index (κ3) is 3.69. The molecule has 0 unspecified atom stereocenters. The number of ether oxygens (including phenoxy) is 2. The minimum Gasteiger partial charge on any atom is -0.461 e. The molecular formula is C17H16O5. The van der Waals surface area contributed by atoms with E-state index in [1.165, 1.54) is 19.1 Å². The molecule has 0 heterocycles. The average Bonchev–Trinajstić information content (AvgIpc) is 2.50. The van der Waals surface area contributed by atoms with Gasteiger partial charge in [-0.1, -0.05) is 24.8 Å². The lowest BCUT2D eigenvalue weighted by molar-refractivity contribution is -0.147. The minimum atomic E-state index is -0.661. The largest absolute Gasteiger partial charge is 0.461 e. The zero-order valence-electron chi connectivity index (χ0n) is 12.2. The molecule has 0 N–H and O–H groups in total. The Labute approximate surface area is 128 Å². The summed E-state index contributed by atoms with van der Waals surface area (Å²) in [5.74, 6) is -1.81. The predicted molar refractivity (Wildman–Crippen MR) is 79.1 cm³/mol. The van der Waals surface area contributed by atoms with Crippen molar-refractivity contribution in [3.05, 3.63) is 60.2 Å². The molecule has 1 aliphatic carbocycles. The van der Waals surface area contributed by atoms with Gasteiger partial charge in [0, 0.05) is 12.5 Å². The van der Waals surface area contributed by atoms with Gasteiger partial charge in [-0.05, 0) is 24.3 Å². The van der Waals surface area contributed by atoms with Crippen molar-refractivity contribution in [1.29, 1.82) is 0 Å². The Morgan fingerprint density at radius 2 is 1.91 bits per heavy atom. The Kier molecular flexibility index (Phi) is 4.88. The van der Waals surface area contributed by atoms with Crippen LogP contribution in [-0.4, -0.2) is 30.4 Å². The highest BCUT2D eigenvalue weighted by Gasteiger charge is 2.32. The van der Waals surface area contributed by atoms with E-state index in [1.807, 2.05) is 0 Å². The molecule has 5 nitrogen and oxygen atoms in total. The Morgan fingerprint density at radius 3 is 2.55 bits per heavy atom. The van der Waals surface area contributed by atoms with Gasteiger partial charge in [0.2, 0.25) is 0 Å². The molecule has 0 saturated heterocycles. The lowest BCUT2D eigenvalue weighted by Gasteiger charge is -2.27. The zero-order chi connectivity index (χ0) is 16.1. The number of benzene rings is 1. The maximum absolute atomic E-state index is 11.9. The fraction of sp³-hybridized carbons (Fsp3) is 0.235. The van der Waals surface area contributed by atoms with Crippen LogP contribution in [0, 0.1) is 5.92 Å². The van der Waals surface area contributed by atoms with Crippen LogP contribution in [0.5, 0.6) is 0 Å². The van der Waals surface area contributed by atoms with Crippen molar-refractivity contribution in [2.45, 2.75) is 13.0 Å². The van der Waals surface area contributed by atoms with Gasteiger partial charge in [-0.15, -0.1) is 0 Å². The van der Waals surface area contributed by atoms with Gasteiger partial charge in [0.25, 0.3) is 0 Å². The van der Waals surface area contributed by atoms with Gasteiger partial charge >= 0.3 is 11.9 Å². The first-order valence-electron chi connectivity index (χ1n) is 6.79. The fourth-order valence-electron chi connectivity index (χ4n) is 2.14. The van der Waals surface area contributed by atoms with Gasteiger partial charge in [0.1, 0.15) is 12.7 Å². The molecule has 1 aromatic carbocycles. The van der Waals surface area contributed by atoms with E-state index in [2.05, 4.69) is 6.58 Å². The van der Waals surface area contributed by atoms with E-state index >= 15 is 0 Å². The second-order valence-corrected chi connectivity index (χ2v) is 4.89. The lowest BCUT2D eigenvalue weighted by atomic mass is 9.87. The molecule has 2 rings (SSSR count). The summed E-state index contributed by atoms with van der Waals surface area (Å²) in [6, 6.07) is 8.51. The maximum Gasteiger partial charge on any atom is 0.338 e. The van der Waals surface area contributed by atoms with Gasteiger partial charge in [-0.2, -0.15) is 0 Å². The van der Waals surface area contributed by atoms with Crippen LogP contribution in [0.3, 0.4) is 0 Å². The second-order valence-electron chi connectivity index (χ2n) is 4.89. The van der Waals surface area contributed by atoms with Crippen molar-refractivity contribution in [1.82, 2.24) is 0 Å². The monoisotopic (exact) mass is 300 g/mol. The number of hydrogen-bond acceptors (Lipinski definition) is 5. The number of carbonyl (C=O) groups excluding carboxylic acids is 3. The molecule has 1 aliphatic rings. The van der Waals surface area contributed by atoms with E-state index in [9.17, 15) is 14.4 Å². The summed E-state index contributed by atoms with van der Waals surface area (Å²) in [6.45, 7) is 4.90. The van der Waals surface area contributed by atoms with E-state index in [4.69, 9.17) is 9.47 Å². The fourth-order valence-corrected chi connectivity index (χ4v) is 2.14. The number of allylic oxidation sites excluding steroid dienone is 1. The number of esters is 2. The first kappa shape index (κ1) is 15.7. The van der Waals surface area contributed by atoms with Crippen LogP contribution in [0.25, 0.3) is 0 Å². The molecule has 1 aromatic rings. The molecule has 22 heavy (non-hydrogen) atoms. The molecular weight excluding hydrogens is 284 g/mol. The first-order chi connectivity index (χ1) is 10.5. The van der Waals surface area contributed by atoms with Crippen LogP contribution in [0.1, 0.15) is 17.3 Å². The van der Waals surface area contributed by atoms with Crippen molar-refractivity contribution >= 4 is 17.7 Å². The highest BCUT2D eigenvalue weighted by atomic mass is 16.6. The molecule has 114 valence electrons. The van der Waals surface area contributed by atoms with Gasteiger partial charge in [-0.3, -0.25) is 9.59 Å². The molecule has 0 aliphatic heterocycles.